The Hall–Kier alpha value is -2.56. The van der Waals surface area contributed by atoms with Gasteiger partial charge in [-0.3, -0.25) is 19.2 Å². The number of carbonyl (C=O) groups is 4. The van der Waals surface area contributed by atoms with Crippen molar-refractivity contribution in [1.29, 1.82) is 0 Å². The summed E-state index contributed by atoms with van der Waals surface area (Å²) in [5.41, 5.74) is -4.34. The van der Waals surface area contributed by atoms with Crippen LogP contribution < -0.4 is 0 Å². The molecule has 4 aliphatic rings. The molecule has 4 atom stereocenters. The lowest BCUT2D eigenvalue weighted by atomic mass is 9.79. The van der Waals surface area contributed by atoms with Gasteiger partial charge in [0.15, 0.2) is 10.8 Å². The van der Waals surface area contributed by atoms with Crippen LogP contribution in [0, 0.1) is 44.3 Å². The quantitative estimate of drug-likeness (QED) is 0.215. The van der Waals surface area contributed by atoms with Gasteiger partial charge in [-0.15, -0.1) is 0 Å². The summed E-state index contributed by atoms with van der Waals surface area (Å²) in [6.07, 6.45) is 2.75. The first-order valence-corrected chi connectivity index (χ1v) is 13.1. The molecule has 4 aliphatic carbocycles. The molecule has 0 aromatic carbocycles. The molecule has 8 heteroatoms. The SMILES string of the molecule is CCOC(=O)C1(C(=O)OCC)CC2(C)CC2(C#CC23CC(C(=O)OCC)(C(=O)OCC)CC2(C)C3)C1. The van der Waals surface area contributed by atoms with E-state index in [0.29, 0.717) is 12.8 Å². The Balaban J connectivity index is 1.65. The summed E-state index contributed by atoms with van der Waals surface area (Å²) in [5, 5.41) is 0. The predicted octanol–water partition coefficient (Wildman–Crippen LogP) is 3.60. The number of esters is 4. The summed E-state index contributed by atoms with van der Waals surface area (Å²) in [7, 11) is 0. The maximum atomic E-state index is 13.0. The van der Waals surface area contributed by atoms with E-state index in [-0.39, 0.29) is 50.1 Å². The van der Waals surface area contributed by atoms with Gasteiger partial charge in [0.2, 0.25) is 0 Å². The first-order chi connectivity index (χ1) is 16.9. The lowest BCUT2D eigenvalue weighted by molar-refractivity contribution is -0.174. The van der Waals surface area contributed by atoms with Gasteiger partial charge < -0.3 is 18.9 Å². The molecule has 0 heterocycles. The van der Waals surface area contributed by atoms with Crippen LogP contribution in [0.15, 0.2) is 0 Å². The van der Waals surface area contributed by atoms with Gasteiger partial charge in [0, 0.05) is 10.8 Å². The Morgan fingerprint density at radius 1 is 0.528 bits per heavy atom. The number of fused-ring (bicyclic) bond motifs is 2. The minimum atomic E-state index is -1.35. The first-order valence-electron chi connectivity index (χ1n) is 13.1. The second-order valence-corrected chi connectivity index (χ2v) is 11.6. The van der Waals surface area contributed by atoms with E-state index in [9.17, 15) is 19.2 Å². The number of hydrogen-bond donors (Lipinski definition) is 0. The molecular formula is C28H38O8. The maximum Gasteiger partial charge on any atom is 0.323 e. The van der Waals surface area contributed by atoms with Gasteiger partial charge in [0.05, 0.1) is 26.4 Å². The lowest BCUT2D eigenvalue weighted by Crippen LogP contribution is -2.42. The third kappa shape index (κ3) is 3.56. The number of carbonyl (C=O) groups excluding carboxylic acids is 4. The van der Waals surface area contributed by atoms with Crippen molar-refractivity contribution in [2.24, 2.45) is 32.5 Å². The molecule has 0 radical (unpaired) electrons. The van der Waals surface area contributed by atoms with Crippen LogP contribution in [0.4, 0.5) is 0 Å². The van der Waals surface area contributed by atoms with Crippen molar-refractivity contribution in [2.45, 2.75) is 80.1 Å². The highest BCUT2D eigenvalue weighted by Gasteiger charge is 2.80. The summed E-state index contributed by atoms with van der Waals surface area (Å²) in [6.45, 7) is 11.7. The van der Waals surface area contributed by atoms with Crippen LogP contribution in [0.1, 0.15) is 80.1 Å². The van der Waals surface area contributed by atoms with Crippen LogP contribution in [0.25, 0.3) is 0 Å². The largest absolute Gasteiger partial charge is 0.465 e. The third-order valence-electron chi connectivity index (χ3n) is 9.24. The van der Waals surface area contributed by atoms with Crippen molar-refractivity contribution < 1.29 is 38.1 Å². The van der Waals surface area contributed by atoms with Crippen molar-refractivity contribution >= 4 is 23.9 Å². The number of ether oxygens (including phenoxy) is 4. The molecule has 4 rings (SSSR count). The Kier molecular flexibility index (Phi) is 6.25. The minimum Gasteiger partial charge on any atom is -0.465 e. The molecule has 0 aliphatic heterocycles. The fourth-order valence-electron chi connectivity index (χ4n) is 7.29. The van der Waals surface area contributed by atoms with E-state index in [0.717, 1.165) is 12.8 Å². The second-order valence-electron chi connectivity index (χ2n) is 11.6. The minimum absolute atomic E-state index is 0.181. The standard InChI is InChI=1S/C28H38O8/c1-7-33-19(29)27(20(30)34-8-2)15-23(5)13-25(23,17-27)11-12-26-14-24(26,6)16-28(18-26,21(31)35-9-3)22(32)36-10-4/h7-10,13-18H2,1-6H3. The molecule has 0 bridgehead atoms. The molecular weight excluding hydrogens is 464 g/mol. The average Bonchev–Trinajstić information content (AvgIpc) is 3.50. The van der Waals surface area contributed by atoms with E-state index in [1.807, 2.05) is 0 Å². The molecule has 0 aromatic heterocycles. The molecule has 4 fully saturated rings. The molecule has 4 saturated carbocycles. The van der Waals surface area contributed by atoms with Crippen molar-refractivity contribution in [3.63, 3.8) is 0 Å². The summed E-state index contributed by atoms with van der Waals surface area (Å²) in [4.78, 5) is 52.0. The Labute approximate surface area is 213 Å². The van der Waals surface area contributed by atoms with Crippen LogP contribution in [0.2, 0.25) is 0 Å². The highest BCUT2D eigenvalue weighted by Crippen LogP contribution is 2.80. The first kappa shape index (κ1) is 26.5. The Morgan fingerprint density at radius 2 is 0.806 bits per heavy atom. The zero-order valence-electron chi connectivity index (χ0n) is 22.3. The van der Waals surface area contributed by atoms with Gasteiger partial charge in [-0.1, -0.05) is 25.7 Å². The van der Waals surface area contributed by atoms with Crippen molar-refractivity contribution in [3.8, 4) is 11.8 Å². The van der Waals surface area contributed by atoms with Crippen molar-refractivity contribution in [3.05, 3.63) is 0 Å². The van der Waals surface area contributed by atoms with Crippen LogP contribution in [0.5, 0.6) is 0 Å². The summed E-state index contributed by atoms with van der Waals surface area (Å²) >= 11 is 0. The van der Waals surface area contributed by atoms with Gasteiger partial charge in [-0.2, -0.15) is 0 Å². The molecule has 0 spiro atoms. The predicted molar refractivity (Wildman–Crippen MR) is 128 cm³/mol. The highest BCUT2D eigenvalue weighted by atomic mass is 16.6. The molecule has 0 aromatic rings. The molecule has 0 N–H and O–H groups in total. The van der Waals surface area contributed by atoms with Gasteiger partial charge in [0.1, 0.15) is 0 Å². The van der Waals surface area contributed by atoms with Crippen LogP contribution >= 0.6 is 0 Å². The van der Waals surface area contributed by atoms with E-state index >= 15 is 0 Å². The van der Waals surface area contributed by atoms with Crippen LogP contribution in [0.3, 0.4) is 0 Å². The lowest BCUT2D eigenvalue weighted by Gasteiger charge is -2.27. The van der Waals surface area contributed by atoms with E-state index in [1.165, 1.54) is 0 Å². The zero-order valence-corrected chi connectivity index (χ0v) is 22.3. The van der Waals surface area contributed by atoms with E-state index in [4.69, 9.17) is 18.9 Å². The Morgan fingerprint density at radius 3 is 1.06 bits per heavy atom. The number of rotatable bonds is 8. The van der Waals surface area contributed by atoms with Crippen LogP contribution in [-0.2, 0) is 38.1 Å². The summed E-state index contributed by atoms with van der Waals surface area (Å²) in [6, 6.07) is 0. The van der Waals surface area contributed by atoms with Gasteiger partial charge in [0.25, 0.3) is 0 Å². The van der Waals surface area contributed by atoms with E-state index in [1.54, 1.807) is 27.7 Å². The molecule has 0 saturated heterocycles. The highest BCUT2D eigenvalue weighted by molar-refractivity contribution is 6.02. The van der Waals surface area contributed by atoms with Gasteiger partial charge in [-0.25, -0.2) is 0 Å². The van der Waals surface area contributed by atoms with Gasteiger partial charge in [-0.05, 0) is 77.0 Å². The third-order valence-corrected chi connectivity index (χ3v) is 9.24. The fraction of sp³-hybridized carbons (Fsp3) is 0.786. The summed E-state index contributed by atoms with van der Waals surface area (Å²) < 4.78 is 21.3. The fourth-order valence-corrected chi connectivity index (χ4v) is 7.29. The molecule has 4 unspecified atom stereocenters. The molecule has 0 amide bonds. The molecule has 36 heavy (non-hydrogen) atoms. The smallest absolute Gasteiger partial charge is 0.323 e. The molecule has 198 valence electrons. The maximum absolute atomic E-state index is 13.0. The molecule has 8 nitrogen and oxygen atoms in total. The average molecular weight is 503 g/mol. The van der Waals surface area contributed by atoms with Gasteiger partial charge >= 0.3 is 23.9 Å². The van der Waals surface area contributed by atoms with E-state index in [2.05, 4.69) is 25.7 Å². The number of hydrogen-bond acceptors (Lipinski definition) is 8. The van der Waals surface area contributed by atoms with Crippen LogP contribution in [-0.4, -0.2) is 50.3 Å². The van der Waals surface area contributed by atoms with Crippen molar-refractivity contribution in [2.75, 3.05) is 26.4 Å². The normalized spacial score (nSPS) is 35.8. The van der Waals surface area contributed by atoms with Crippen molar-refractivity contribution in [1.82, 2.24) is 0 Å². The monoisotopic (exact) mass is 502 g/mol. The topological polar surface area (TPSA) is 105 Å². The zero-order chi connectivity index (χ0) is 26.6. The van der Waals surface area contributed by atoms with E-state index < -0.39 is 45.5 Å². The Bertz CT molecular complexity index is 936. The second kappa shape index (κ2) is 8.49. The summed E-state index contributed by atoms with van der Waals surface area (Å²) in [5.74, 6) is 4.78.